The van der Waals surface area contributed by atoms with Crippen LogP contribution in [-0.4, -0.2) is 38.8 Å². The van der Waals surface area contributed by atoms with Crippen molar-refractivity contribution in [3.05, 3.63) is 71.8 Å². The summed E-state index contributed by atoms with van der Waals surface area (Å²) < 4.78 is 11.0. The molecule has 2 aliphatic heterocycles. The third kappa shape index (κ3) is 5.39. The second-order valence-corrected chi connectivity index (χ2v) is 5.99. The quantitative estimate of drug-likeness (QED) is 0.880. The molecule has 2 atom stereocenters. The van der Waals surface area contributed by atoms with E-state index in [9.17, 15) is 4.79 Å². The van der Waals surface area contributed by atoms with Gasteiger partial charge in [0.25, 0.3) is 0 Å². The van der Waals surface area contributed by atoms with Gasteiger partial charge in [0.2, 0.25) is 5.91 Å². The molecule has 4 rings (SSSR count). The van der Waals surface area contributed by atoms with E-state index in [0.717, 1.165) is 25.3 Å². The Bertz CT molecular complexity index is 633. The summed E-state index contributed by atoms with van der Waals surface area (Å²) in [7, 11) is 0. The molecule has 0 radical (unpaired) electrons. The van der Waals surface area contributed by atoms with Gasteiger partial charge in [-0.15, -0.1) is 0 Å². The fourth-order valence-corrected chi connectivity index (χ4v) is 2.82. The third-order valence-corrected chi connectivity index (χ3v) is 4.17. The van der Waals surface area contributed by atoms with Gasteiger partial charge in [-0.05, 0) is 11.1 Å². The van der Waals surface area contributed by atoms with E-state index in [1.807, 2.05) is 48.5 Å². The molecule has 2 saturated heterocycles. The predicted octanol–water partition coefficient (Wildman–Crippen LogP) is 2.22. The Labute approximate surface area is 148 Å². The fourth-order valence-electron chi connectivity index (χ4n) is 2.82. The highest BCUT2D eigenvalue weighted by molar-refractivity contribution is 5.77. The first-order valence-corrected chi connectivity index (χ1v) is 8.63. The van der Waals surface area contributed by atoms with Crippen molar-refractivity contribution in [2.45, 2.75) is 12.2 Å². The van der Waals surface area contributed by atoms with Gasteiger partial charge in [-0.3, -0.25) is 4.79 Å². The first-order valence-electron chi connectivity index (χ1n) is 8.63. The van der Waals surface area contributed by atoms with E-state index in [0.29, 0.717) is 6.54 Å². The Morgan fingerprint density at radius 1 is 0.800 bits per heavy atom. The standard InChI is InChI=1S/C10H11NO2.C10H13NO/c12-10-7-13-9(6-11-10)8-4-2-1-3-5-8;1-2-4-9(5-3-1)10-8-11-6-7-12-10/h1-5,9H,6-7H2,(H,11,12);1-5,10-11H,6-8H2/t9-;10-/m11/s1. The zero-order valence-electron chi connectivity index (χ0n) is 14.2. The summed E-state index contributed by atoms with van der Waals surface area (Å²) in [5.41, 5.74) is 2.38. The molecular formula is C20H24N2O3. The third-order valence-electron chi connectivity index (χ3n) is 4.17. The molecule has 0 aromatic heterocycles. The zero-order chi connectivity index (χ0) is 17.3. The van der Waals surface area contributed by atoms with E-state index >= 15 is 0 Å². The summed E-state index contributed by atoms with van der Waals surface area (Å²) in [5, 5.41) is 6.07. The SMILES string of the molecule is O=C1CO[C@@H](c2ccccc2)CN1.c1ccc([C@H]2CNCCO2)cc1. The Balaban J connectivity index is 0.000000146. The van der Waals surface area contributed by atoms with Crippen LogP contribution in [0, 0.1) is 0 Å². The van der Waals surface area contributed by atoms with Crippen molar-refractivity contribution >= 4 is 5.91 Å². The molecule has 0 saturated carbocycles. The molecule has 5 nitrogen and oxygen atoms in total. The largest absolute Gasteiger partial charge is 0.371 e. The van der Waals surface area contributed by atoms with Crippen LogP contribution in [0.5, 0.6) is 0 Å². The molecule has 5 heteroatoms. The molecule has 2 aliphatic rings. The number of rotatable bonds is 2. The average Bonchev–Trinajstić information content (AvgIpc) is 2.71. The van der Waals surface area contributed by atoms with E-state index < -0.39 is 0 Å². The summed E-state index contributed by atoms with van der Waals surface area (Å²) in [4.78, 5) is 10.8. The van der Waals surface area contributed by atoms with Gasteiger partial charge < -0.3 is 20.1 Å². The maximum Gasteiger partial charge on any atom is 0.246 e. The van der Waals surface area contributed by atoms with Crippen LogP contribution in [0.3, 0.4) is 0 Å². The molecule has 2 aromatic carbocycles. The summed E-state index contributed by atoms with van der Waals surface area (Å²) in [6.45, 7) is 3.47. The van der Waals surface area contributed by atoms with Crippen LogP contribution >= 0.6 is 0 Å². The Hall–Kier alpha value is -2.21. The second-order valence-electron chi connectivity index (χ2n) is 5.99. The van der Waals surface area contributed by atoms with E-state index in [2.05, 4.69) is 22.8 Å². The minimum absolute atomic E-state index is 0.0129. The smallest absolute Gasteiger partial charge is 0.246 e. The molecule has 0 bridgehead atoms. The van der Waals surface area contributed by atoms with Crippen LogP contribution in [0.15, 0.2) is 60.7 Å². The van der Waals surface area contributed by atoms with E-state index in [4.69, 9.17) is 9.47 Å². The summed E-state index contributed by atoms with van der Waals surface area (Å²) >= 11 is 0. The number of nitrogens with one attached hydrogen (secondary N) is 2. The molecule has 2 aromatic rings. The van der Waals surface area contributed by atoms with Gasteiger partial charge >= 0.3 is 0 Å². The molecule has 2 fully saturated rings. The van der Waals surface area contributed by atoms with Crippen LogP contribution in [0.4, 0.5) is 0 Å². The van der Waals surface area contributed by atoms with Gasteiger partial charge in [-0.2, -0.15) is 0 Å². The van der Waals surface area contributed by atoms with E-state index in [1.54, 1.807) is 0 Å². The van der Waals surface area contributed by atoms with Crippen molar-refractivity contribution in [1.82, 2.24) is 10.6 Å². The Morgan fingerprint density at radius 2 is 1.40 bits per heavy atom. The number of carbonyl (C=O) groups excluding carboxylic acids is 1. The summed E-state index contributed by atoms with van der Waals surface area (Å²) in [6, 6.07) is 20.2. The van der Waals surface area contributed by atoms with E-state index in [-0.39, 0.29) is 24.7 Å². The van der Waals surface area contributed by atoms with Crippen molar-refractivity contribution < 1.29 is 14.3 Å². The van der Waals surface area contributed by atoms with Gasteiger partial charge in [0, 0.05) is 19.6 Å². The first kappa shape index (κ1) is 17.6. The normalized spacial score (nSPS) is 23.1. The molecule has 0 aliphatic carbocycles. The number of ether oxygens (including phenoxy) is 2. The van der Waals surface area contributed by atoms with Crippen molar-refractivity contribution in [1.29, 1.82) is 0 Å². The second kappa shape index (κ2) is 9.32. The molecule has 25 heavy (non-hydrogen) atoms. The molecule has 0 unspecified atom stereocenters. The number of benzene rings is 2. The predicted molar refractivity (Wildman–Crippen MR) is 96.1 cm³/mol. The minimum atomic E-state index is -0.0350. The Morgan fingerprint density at radius 3 is 1.88 bits per heavy atom. The number of hydrogen-bond acceptors (Lipinski definition) is 4. The topological polar surface area (TPSA) is 59.6 Å². The highest BCUT2D eigenvalue weighted by Crippen LogP contribution is 2.18. The number of amides is 1. The average molecular weight is 340 g/mol. The van der Waals surface area contributed by atoms with Gasteiger partial charge in [0.05, 0.1) is 12.7 Å². The van der Waals surface area contributed by atoms with E-state index in [1.165, 1.54) is 5.56 Å². The Kier molecular flexibility index (Phi) is 6.56. The first-order chi connectivity index (χ1) is 12.3. The highest BCUT2D eigenvalue weighted by Gasteiger charge is 2.19. The highest BCUT2D eigenvalue weighted by atomic mass is 16.5. The molecule has 2 N–H and O–H groups in total. The summed E-state index contributed by atoms with van der Waals surface area (Å²) in [6.07, 6.45) is 0.263. The molecule has 132 valence electrons. The number of morpholine rings is 2. The lowest BCUT2D eigenvalue weighted by molar-refractivity contribution is -0.133. The van der Waals surface area contributed by atoms with Crippen LogP contribution < -0.4 is 10.6 Å². The lowest BCUT2D eigenvalue weighted by atomic mass is 10.1. The van der Waals surface area contributed by atoms with Crippen LogP contribution in [0.2, 0.25) is 0 Å². The van der Waals surface area contributed by atoms with Crippen LogP contribution in [-0.2, 0) is 14.3 Å². The van der Waals surface area contributed by atoms with Crippen molar-refractivity contribution in [2.75, 3.05) is 32.8 Å². The van der Waals surface area contributed by atoms with Crippen molar-refractivity contribution in [3.8, 4) is 0 Å². The molecule has 1 amide bonds. The minimum Gasteiger partial charge on any atom is -0.371 e. The van der Waals surface area contributed by atoms with Gasteiger partial charge in [-0.25, -0.2) is 0 Å². The van der Waals surface area contributed by atoms with Crippen molar-refractivity contribution in [3.63, 3.8) is 0 Å². The van der Waals surface area contributed by atoms with Crippen molar-refractivity contribution in [2.24, 2.45) is 0 Å². The van der Waals surface area contributed by atoms with Crippen LogP contribution in [0.25, 0.3) is 0 Å². The fraction of sp³-hybridized carbons (Fsp3) is 0.350. The molecule has 0 spiro atoms. The van der Waals surface area contributed by atoms with Gasteiger partial charge in [0.1, 0.15) is 12.7 Å². The maximum atomic E-state index is 10.8. The zero-order valence-corrected chi connectivity index (χ0v) is 14.2. The van der Waals surface area contributed by atoms with Gasteiger partial charge in [-0.1, -0.05) is 60.7 Å². The molecular weight excluding hydrogens is 316 g/mol. The number of hydrogen-bond donors (Lipinski definition) is 2. The number of carbonyl (C=O) groups is 1. The maximum absolute atomic E-state index is 10.8. The lowest BCUT2D eigenvalue weighted by Gasteiger charge is -2.23. The summed E-state index contributed by atoms with van der Waals surface area (Å²) in [5.74, 6) is -0.0350. The lowest BCUT2D eigenvalue weighted by Crippen LogP contribution is -2.38. The van der Waals surface area contributed by atoms with Crippen LogP contribution in [0.1, 0.15) is 23.3 Å². The monoisotopic (exact) mass is 340 g/mol. The molecule has 2 heterocycles. The van der Waals surface area contributed by atoms with Gasteiger partial charge in [0.15, 0.2) is 0 Å².